The van der Waals surface area contributed by atoms with Crippen LogP contribution in [0.3, 0.4) is 0 Å². The van der Waals surface area contributed by atoms with E-state index in [2.05, 4.69) is 13.2 Å². The van der Waals surface area contributed by atoms with Gasteiger partial charge in [-0.15, -0.1) is 13.2 Å². The zero-order valence-corrected chi connectivity index (χ0v) is 19.1. The second-order valence-electron chi connectivity index (χ2n) is 8.96. The Morgan fingerprint density at radius 2 is 1.41 bits per heavy atom. The predicted molar refractivity (Wildman–Crippen MR) is 129 cm³/mol. The van der Waals surface area contributed by atoms with Crippen molar-refractivity contribution in [3.63, 3.8) is 0 Å². The lowest BCUT2D eigenvalue weighted by molar-refractivity contribution is -0.248. The maximum Gasteiger partial charge on any atom is 0.383 e. The van der Waals surface area contributed by atoms with E-state index >= 15 is 0 Å². The summed E-state index contributed by atoms with van der Waals surface area (Å²) in [6.07, 6.45) is 9.98. The maximum atomic E-state index is 14.6. The Morgan fingerprint density at radius 3 is 2.00 bits per heavy atom. The van der Waals surface area contributed by atoms with Gasteiger partial charge in [-0.2, -0.15) is 8.78 Å². The first-order valence-corrected chi connectivity index (χ1v) is 11.9. The first-order valence-electron chi connectivity index (χ1n) is 11.9. The summed E-state index contributed by atoms with van der Waals surface area (Å²) in [4.78, 5) is 0. The highest BCUT2D eigenvalue weighted by Gasteiger charge is 2.33. The molecule has 2 aromatic rings. The summed E-state index contributed by atoms with van der Waals surface area (Å²) in [6, 6.07) is 14.9. The minimum atomic E-state index is -3.27. The van der Waals surface area contributed by atoms with Gasteiger partial charge in [0.05, 0.1) is 12.2 Å². The lowest BCUT2D eigenvalue weighted by atomic mass is 9.77. The Kier molecular flexibility index (Phi) is 9.23. The highest BCUT2D eigenvalue weighted by molar-refractivity contribution is 5.28. The van der Waals surface area contributed by atoms with Gasteiger partial charge in [0, 0.05) is 0 Å². The van der Waals surface area contributed by atoms with Crippen LogP contribution in [0.2, 0.25) is 0 Å². The molecule has 1 nitrogen and oxygen atoms in total. The molecule has 0 unspecified atom stereocenters. The number of rotatable bonds is 12. The van der Waals surface area contributed by atoms with E-state index in [0.29, 0.717) is 12.3 Å². The van der Waals surface area contributed by atoms with E-state index in [9.17, 15) is 8.78 Å². The number of alkyl halides is 2. The van der Waals surface area contributed by atoms with Crippen molar-refractivity contribution in [1.82, 2.24) is 0 Å². The zero-order valence-electron chi connectivity index (χ0n) is 19.1. The number of allylic oxidation sites excluding steroid dienone is 2. The summed E-state index contributed by atoms with van der Waals surface area (Å²) in [7, 11) is 0. The van der Waals surface area contributed by atoms with Gasteiger partial charge in [0.25, 0.3) is 0 Å². The third-order valence-electron chi connectivity index (χ3n) is 6.68. The quantitative estimate of drug-likeness (QED) is 0.303. The van der Waals surface area contributed by atoms with E-state index in [1.807, 2.05) is 48.6 Å². The van der Waals surface area contributed by atoms with Crippen LogP contribution >= 0.6 is 0 Å². The third kappa shape index (κ3) is 7.13. The Morgan fingerprint density at radius 1 is 0.812 bits per heavy atom. The normalized spacial score (nSPS) is 18.9. The van der Waals surface area contributed by atoms with Crippen LogP contribution in [0, 0.1) is 5.92 Å². The molecule has 1 aliphatic carbocycles. The number of halogens is 2. The molecule has 0 heterocycles. The van der Waals surface area contributed by atoms with Crippen molar-refractivity contribution >= 4 is 0 Å². The fourth-order valence-corrected chi connectivity index (χ4v) is 4.61. The smallest absolute Gasteiger partial charge is 0.316 e. The van der Waals surface area contributed by atoms with E-state index in [4.69, 9.17) is 4.74 Å². The average Bonchev–Trinajstić information content (AvgIpc) is 2.82. The molecule has 0 bridgehead atoms. The Balaban J connectivity index is 1.47. The van der Waals surface area contributed by atoms with Gasteiger partial charge in [0.15, 0.2) is 0 Å². The molecule has 0 radical (unpaired) electrons. The van der Waals surface area contributed by atoms with Gasteiger partial charge < -0.3 is 4.74 Å². The van der Waals surface area contributed by atoms with Crippen LogP contribution in [0.15, 0.2) is 73.8 Å². The van der Waals surface area contributed by atoms with E-state index in [0.717, 1.165) is 43.6 Å². The topological polar surface area (TPSA) is 9.23 Å². The lowest BCUT2D eigenvalue weighted by Crippen LogP contribution is -2.20. The van der Waals surface area contributed by atoms with Crippen LogP contribution in [-0.2, 0) is 23.7 Å². The highest BCUT2D eigenvalue weighted by atomic mass is 19.3. The van der Waals surface area contributed by atoms with Gasteiger partial charge in [-0.1, -0.05) is 60.7 Å². The molecule has 0 saturated heterocycles. The zero-order chi connectivity index (χ0) is 22.8. The monoisotopic (exact) mass is 438 g/mol. The summed E-state index contributed by atoms with van der Waals surface area (Å²) in [5.74, 6) is 1.26. The van der Waals surface area contributed by atoms with Gasteiger partial charge in [0.1, 0.15) is 0 Å². The molecule has 1 aliphatic rings. The SMILES string of the molecule is C=CCCc1ccc(CCOC(F)(F)c2ccc([C@H]3CC[C@H](CCC=C)CC3)cc2)cc1. The van der Waals surface area contributed by atoms with Crippen LogP contribution in [-0.4, -0.2) is 6.61 Å². The van der Waals surface area contributed by atoms with Crippen molar-refractivity contribution in [2.45, 2.75) is 69.8 Å². The van der Waals surface area contributed by atoms with Crippen LogP contribution in [0.4, 0.5) is 8.78 Å². The number of benzene rings is 2. The molecule has 2 aromatic carbocycles. The van der Waals surface area contributed by atoms with Gasteiger partial charge in [-0.3, -0.25) is 0 Å². The van der Waals surface area contributed by atoms with Crippen LogP contribution in [0.5, 0.6) is 0 Å². The summed E-state index contributed by atoms with van der Waals surface area (Å²) < 4.78 is 34.1. The summed E-state index contributed by atoms with van der Waals surface area (Å²) >= 11 is 0. The Labute approximate surface area is 192 Å². The lowest BCUT2D eigenvalue weighted by Gasteiger charge is -2.29. The number of hydrogen-bond acceptors (Lipinski definition) is 1. The first-order chi connectivity index (χ1) is 15.5. The van der Waals surface area contributed by atoms with E-state index in [1.54, 1.807) is 0 Å². The van der Waals surface area contributed by atoms with Crippen molar-refractivity contribution in [2.24, 2.45) is 5.92 Å². The predicted octanol–water partition coefficient (Wildman–Crippen LogP) is 8.35. The third-order valence-corrected chi connectivity index (χ3v) is 6.68. The fourth-order valence-electron chi connectivity index (χ4n) is 4.61. The van der Waals surface area contributed by atoms with Crippen molar-refractivity contribution in [1.29, 1.82) is 0 Å². The van der Waals surface area contributed by atoms with Crippen LogP contribution in [0.1, 0.15) is 73.1 Å². The van der Waals surface area contributed by atoms with Gasteiger partial charge >= 0.3 is 6.11 Å². The molecule has 3 rings (SSSR count). The minimum Gasteiger partial charge on any atom is -0.316 e. The number of hydrogen-bond donors (Lipinski definition) is 0. The standard InChI is InChI=1S/C29H36F2O/c1-3-5-7-23-9-11-25(12-10-23)21-22-32-29(30,31)28-19-17-27(18-20-28)26-15-13-24(14-16-26)8-6-4-2/h3-4,9-12,17-20,24,26H,1-2,5-8,13-16,21-22H2/t24-,26-. The molecular formula is C29H36F2O. The van der Waals surface area contributed by atoms with E-state index in [-0.39, 0.29) is 12.2 Å². The highest BCUT2D eigenvalue weighted by Crippen LogP contribution is 2.38. The van der Waals surface area contributed by atoms with Crippen LogP contribution < -0.4 is 0 Å². The molecule has 172 valence electrons. The molecule has 0 atom stereocenters. The molecule has 1 fully saturated rings. The van der Waals surface area contributed by atoms with Gasteiger partial charge in [-0.25, -0.2) is 0 Å². The molecular weight excluding hydrogens is 402 g/mol. The maximum absolute atomic E-state index is 14.6. The average molecular weight is 439 g/mol. The fraction of sp³-hybridized carbons (Fsp3) is 0.448. The molecule has 0 amide bonds. The number of aryl methyl sites for hydroxylation is 1. The van der Waals surface area contributed by atoms with Crippen molar-refractivity contribution < 1.29 is 13.5 Å². The van der Waals surface area contributed by atoms with Crippen molar-refractivity contribution in [3.05, 3.63) is 96.1 Å². The van der Waals surface area contributed by atoms with Crippen LogP contribution in [0.25, 0.3) is 0 Å². The molecule has 3 heteroatoms. The van der Waals surface area contributed by atoms with Gasteiger partial charge in [-0.05, 0) is 86.3 Å². The van der Waals surface area contributed by atoms with E-state index < -0.39 is 6.11 Å². The van der Waals surface area contributed by atoms with E-state index in [1.165, 1.54) is 42.5 Å². The minimum absolute atomic E-state index is 0.0184. The second kappa shape index (κ2) is 12.1. The summed E-state index contributed by atoms with van der Waals surface area (Å²) in [6.45, 7) is 7.52. The Bertz CT molecular complexity index is 830. The largest absolute Gasteiger partial charge is 0.383 e. The van der Waals surface area contributed by atoms with Crippen molar-refractivity contribution in [3.8, 4) is 0 Å². The molecule has 0 spiro atoms. The summed E-state index contributed by atoms with van der Waals surface area (Å²) in [5.41, 5.74) is 3.33. The molecule has 0 aromatic heterocycles. The van der Waals surface area contributed by atoms with Gasteiger partial charge in [0.2, 0.25) is 0 Å². The Hall–Kier alpha value is -2.26. The molecule has 1 saturated carbocycles. The second-order valence-corrected chi connectivity index (χ2v) is 8.96. The molecule has 0 aliphatic heterocycles. The number of ether oxygens (including phenoxy) is 1. The first kappa shape index (κ1) is 24.4. The molecule has 0 N–H and O–H groups in total. The molecule has 32 heavy (non-hydrogen) atoms. The summed E-state index contributed by atoms with van der Waals surface area (Å²) in [5, 5.41) is 0. The van der Waals surface area contributed by atoms with Crippen molar-refractivity contribution in [2.75, 3.05) is 6.61 Å².